The number of carbonyl (C=O) groups excluding carboxylic acids is 2. The number of halogens is 1. The third-order valence-electron chi connectivity index (χ3n) is 7.75. The molecule has 15 nitrogen and oxygen atoms in total. The molecule has 0 bridgehead atoms. The second kappa shape index (κ2) is 15.3. The summed E-state index contributed by atoms with van der Waals surface area (Å²) in [6, 6.07) is 10.9. The maximum atomic E-state index is 13.5. The molecule has 5 heterocycles. The Labute approximate surface area is 284 Å². The SMILES string of the molecule is CC(C)n1cc(C(=O)Nc2ccc(Oc3ccnc4cnc(C(=O)N[C@@H]5CCN(C)C5)cc34)cn2)c(=O)n(-c2ccc(F)cc2)c1=O.O=CO. The van der Waals surface area contributed by atoms with Gasteiger partial charge in [-0.25, -0.2) is 23.7 Å². The largest absolute Gasteiger partial charge is 0.483 e. The lowest BCUT2D eigenvalue weighted by atomic mass is 10.2. The molecule has 16 heteroatoms. The van der Waals surface area contributed by atoms with E-state index < -0.39 is 23.0 Å². The van der Waals surface area contributed by atoms with E-state index >= 15 is 0 Å². The molecule has 50 heavy (non-hydrogen) atoms. The van der Waals surface area contributed by atoms with Crippen LogP contribution in [0.15, 0.2) is 82.9 Å². The quantitative estimate of drug-likeness (QED) is 0.203. The number of pyridine rings is 3. The monoisotopic (exact) mass is 684 g/mol. The van der Waals surface area contributed by atoms with Crippen LogP contribution in [0.3, 0.4) is 0 Å². The Kier molecular flexibility index (Phi) is 10.7. The van der Waals surface area contributed by atoms with Crippen molar-refractivity contribution in [3.63, 3.8) is 0 Å². The molecular formula is C34H33FN8O7. The standard InChI is InChI=1S/C33H31FN8O5.CH2O2/c1-19(2)41-18-25(32(45)42(33(41)46)22-6-4-20(34)5-7-22)30(43)39-29-9-8-23(15-37-29)47-28-10-12-35-27-16-36-26(14-24(27)28)31(44)38-21-11-13-40(3)17-21;2-1-3/h4-10,12,14-16,18-19,21H,11,13,17H2,1-3H3,(H,38,44)(H,37,39,43);1H,(H,2,3)/t21-;/m1./s1. The third-order valence-corrected chi connectivity index (χ3v) is 7.75. The average molecular weight is 685 g/mol. The molecule has 1 fully saturated rings. The number of fused-ring (bicyclic) bond motifs is 1. The molecule has 0 aliphatic carbocycles. The summed E-state index contributed by atoms with van der Waals surface area (Å²) in [5.41, 5.74) is -0.936. The number of nitrogens with zero attached hydrogens (tertiary/aromatic N) is 6. The van der Waals surface area contributed by atoms with Gasteiger partial charge in [-0.15, -0.1) is 0 Å². The van der Waals surface area contributed by atoms with E-state index in [0.29, 0.717) is 22.4 Å². The van der Waals surface area contributed by atoms with Crippen LogP contribution in [0.5, 0.6) is 11.5 Å². The molecule has 4 aromatic heterocycles. The predicted molar refractivity (Wildman–Crippen MR) is 181 cm³/mol. The Morgan fingerprint density at radius 2 is 1.78 bits per heavy atom. The highest BCUT2D eigenvalue weighted by atomic mass is 19.1. The summed E-state index contributed by atoms with van der Waals surface area (Å²) < 4.78 is 21.7. The van der Waals surface area contributed by atoms with E-state index in [2.05, 4.69) is 30.5 Å². The van der Waals surface area contributed by atoms with E-state index in [-0.39, 0.29) is 47.2 Å². The number of likely N-dealkylation sites (N-methyl/N-ethyl adjacent to an activating group) is 1. The molecule has 1 aliphatic rings. The normalized spacial score (nSPS) is 14.1. The summed E-state index contributed by atoms with van der Waals surface area (Å²) in [7, 11) is 2.01. The van der Waals surface area contributed by atoms with Gasteiger partial charge in [-0.05, 0) is 82.4 Å². The first-order chi connectivity index (χ1) is 24.0. The number of amides is 2. The summed E-state index contributed by atoms with van der Waals surface area (Å²) in [4.78, 5) is 76.0. The maximum Gasteiger partial charge on any atom is 0.335 e. The molecule has 1 saturated heterocycles. The predicted octanol–water partition coefficient (Wildman–Crippen LogP) is 3.24. The first-order valence-corrected chi connectivity index (χ1v) is 15.4. The van der Waals surface area contributed by atoms with Gasteiger partial charge < -0.3 is 25.4 Å². The van der Waals surface area contributed by atoms with Crippen LogP contribution in [-0.2, 0) is 4.79 Å². The smallest absolute Gasteiger partial charge is 0.335 e. The Bertz CT molecular complexity index is 2150. The zero-order valence-electron chi connectivity index (χ0n) is 27.2. The number of likely N-dealkylation sites (tertiary alicyclic amines) is 1. The number of nitrogens with one attached hydrogen (secondary N) is 2. The van der Waals surface area contributed by atoms with Crippen LogP contribution in [0.2, 0.25) is 0 Å². The van der Waals surface area contributed by atoms with Gasteiger partial charge in [-0.1, -0.05) is 0 Å². The van der Waals surface area contributed by atoms with Crippen LogP contribution in [0, 0.1) is 5.82 Å². The van der Waals surface area contributed by atoms with E-state index in [1.807, 2.05) is 7.05 Å². The van der Waals surface area contributed by atoms with Crippen LogP contribution in [0.4, 0.5) is 10.2 Å². The van der Waals surface area contributed by atoms with Gasteiger partial charge in [0, 0.05) is 36.4 Å². The minimum atomic E-state index is -0.862. The molecule has 0 saturated carbocycles. The first kappa shape index (κ1) is 35.0. The second-order valence-corrected chi connectivity index (χ2v) is 11.6. The van der Waals surface area contributed by atoms with Crippen molar-refractivity contribution in [2.24, 2.45) is 0 Å². The average Bonchev–Trinajstić information content (AvgIpc) is 3.50. The Morgan fingerprint density at radius 1 is 1.04 bits per heavy atom. The molecule has 1 aliphatic heterocycles. The number of carbonyl (C=O) groups is 3. The molecule has 5 aromatic rings. The number of aromatic nitrogens is 5. The number of hydrogen-bond donors (Lipinski definition) is 3. The topological polar surface area (TPSA) is 191 Å². The molecule has 258 valence electrons. The summed E-state index contributed by atoms with van der Waals surface area (Å²) in [5, 5.41) is 13.1. The van der Waals surface area contributed by atoms with Crippen LogP contribution >= 0.6 is 0 Å². The fourth-order valence-electron chi connectivity index (χ4n) is 5.29. The molecule has 0 radical (unpaired) electrons. The Morgan fingerprint density at radius 3 is 2.42 bits per heavy atom. The van der Waals surface area contributed by atoms with E-state index in [9.17, 15) is 23.6 Å². The van der Waals surface area contributed by atoms with Crippen LogP contribution in [-0.4, -0.2) is 78.6 Å². The zero-order valence-corrected chi connectivity index (χ0v) is 27.2. The highest BCUT2D eigenvalue weighted by molar-refractivity contribution is 6.03. The molecule has 0 spiro atoms. The molecule has 6 rings (SSSR count). The van der Waals surface area contributed by atoms with Gasteiger partial charge in [0.1, 0.15) is 34.4 Å². The molecule has 3 N–H and O–H groups in total. The Balaban J connectivity index is 0.00000156. The van der Waals surface area contributed by atoms with Crippen molar-refractivity contribution in [1.29, 1.82) is 0 Å². The highest BCUT2D eigenvalue weighted by Gasteiger charge is 2.23. The van der Waals surface area contributed by atoms with Gasteiger partial charge >= 0.3 is 5.69 Å². The van der Waals surface area contributed by atoms with Gasteiger partial charge in [0.15, 0.2) is 0 Å². The lowest BCUT2D eigenvalue weighted by molar-refractivity contribution is -0.122. The lowest BCUT2D eigenvalue weighted by Gasteiger charge is -2.15. The zero-order chi connectivity index (χ0) is 35.9. The van der Waals surface area contributed by atoms with E-state index in [0.717, 1.165) is 36.2 Å². The first-order valence-electron chi connectivity index (χ1n) is 15.4. The van der Waals surface area contributed by atoms with E-state index in [1.54, 1.807) is 38.2 Å². The van der Waals surface area contributed by atoms with E-state index in [1.165, 1.54) is 41.4 Å². The van der Waals surface area contributed by atoms with Crippen LogP contribution in [0.25, 0.3) is 16.6 Å². The van der Waals surface area contributed by atoms with Crippen molar-refractivity contribution in [1.82, 2.24) is 34.3 Å². The van der Waals surface area contributed by atoms with Crippen molar-refractivity contribution in [3.8, 4) is 17.2 Å². The number of rotatable bonds is 8. The number of hydrogen-bond acceptors (Lipinski definition) is 10. The van der Waals surface area contributed by atoms with Crippen molar-refractivity contribution in [3.05, 3.63) is 111 Å². The fraction of sp³-hybridized carbons (Fsp3) is 0.235. The van der Waals surface area contributed by atoms with Gasteiger partial charge in [0.2, 0.25) is 0 Å². The third kappa shape index (κ3) is 7.87. The number of benzene rings is 1. The molecule has 1 atom stereocenters. The number of anilines is 1. The van der Waals surface area contributed by atoms with Crippen molar-refractivity contribution in [2.75, 3.05) is 25.5 Å². The molecule has 2 amide bonds. The second-order valence-electron chi connectivity index (χ2n) is 11.6. The van der Waals surface area contributed by atoms with Gasteiger partial charge in [-0.3, -0.25) is 28.7 Å². The minimum Gasteiger partial charge on any atom is -0.483 e. The Hall–Kier alpha value is -6.29. The molecule has 1 aromatic carbocycles. The molecular weight excluding hydrogens is 651 g/mol. The van der Waals surface area contributed by atoms with E-state index in [4.69, 9.17) is 14.6 Å². The lowest BCUT2D eigenvalue weighted by Crippen LogP contribution is -2.42. The summed E-state index contributed by atoms with van der Waals surface area (Å²) in [6.45, 7) is 4.90. The number of carboxylic acid groups (broad SMARTS) is 1. The summed E-state index contributed by atoms with van der Waals surface area (Å²) in [6.07, 6.45) is 6.53. The van der Waals surface area contributed by atoms with Gasteiger partial charge in [-0.2, -0.15) is 0 Å². The maximum absolute atomic E-state index is 13.5. The number of ether oxygens (including phenoxy) is 1. The van der Waals surface area contributed by atoms with Crippen molar-refractivity contribution < 1.29 is 28.6 Å². The molecule has 0 unspecified atom stereocenters. The van der Waals surface area contributed by atoms with Gasteiger partial charge in [0.25, 0.3) is 23.8 Å². The van der Waals surface area contributed by atoms with Crippen molar-refractivity contribution >= 4 is 35.0 Å². The summed E-state index contributed by atoms with van der Waals surface area (Å²) >= 11 is 0. The van der Waals surface area contributed by atoms with Crippen LogP contribution in [0.1, 0.15) is 47.2 Å². The summed E-state index contributed by atoms with van der Waals surface area (Å²) in [5.74, 6) is -0.728. The highest BCUT2D eigenvalue weighted by Crippen LogP contribution is 2.29. The van der Waals surface area contributed by atoms with Crippen LogP contribution < -0.4 is 26.6 Å². The fourth-order valence-corrected chi connectivity index (χ4v) is 5.29. The van der Waals surface area contributed by atoms with Crippen molar-refractivity contribution in [2.45, 2.75) is 32.4 Å². The minimum absolute atomic E-state index is 0.0533. The van der Waals surface area contributed by atoms with Gasteiger partial charge in [0.05, 0.1) is 23.6 Å².